The van der Waals surface area contributed by atoms with E-state index in [0.29, 0.717) is 6.42 Å². The van der Waals surface area contributed by atoms with E-state index in [4.69, 9.17) is 5.11 Å². The molecule has 0 aromatic heterocycles. The second-order valence-corrected chi connectivity index (χ2v) is 1.09. The first kappa shape index (κ1) is 10.8. The van der Waals surface area contributed by atoms with Gasteiger partial charge in [-0.05, 0) is 6.92 Å². The van der Waals surface area contributed by atoms with Crippen LogP contribution in [0, 0.1) is 6.42 Å². The molecule has 0 aromatic carbocycles. The van der Waals surface area contributed by atoms with E-state index in [2.05, 4.69) is 0 Å². The molecular weight excluding hydrogens is 187 g/mol. The molecule has 0 atom stereocenters. The first-order valence-corrected chi connectivity index (χ1v) is 1.71. The summed E-state index contributed by atoms with van der Waals surface area (Å²) in [7, 11) is 0. The number of Topliss-reactive ketones (excluding diaryl/α,β-unsaturated/α-hetero) is 1. The van der Waals surface area contributed by atoms with Crippen LogP contribution in [0.25, 0.3) is 0 Å². The molecule has 0 saturated carbocycles. The summed E-state index contributed by atoms with van der Waals surface area (Å²) in [6, 6.07) is 0. The summed E-state index contributed by atoms with van der Waals surface area (Å²) in [6.07, 6.45) is 0.611. The van der Waals surface area contributed by atoms with Gasteiger partial charge in [0.2, 0.25) is 0 Å². The van der Waals surface area contributed by atoms with Crippen molar-refractivity contribution in [2.24, 2.45) is 0 Å². The molecule has 8 heavy (non-hydrogen) atoms. The fraction of sp³-hybridized carbons (Fsp3) is 0.250. The zero-order valence-electron chi connectivity index (χ0n) is 4.34. The van der Waals surface area contributed by atoms with Gasteiger partial charge in [-0.2, -0.15) is 0 Å². The number of hydrogen-bond acceptors (Lipinski definition) is 2. The van der Waals surface area contributed by atoms with Gasteiger partial charge < -0.3 is 9.90 Å². The molecule has 0 radical (unpaired) electrons. The average molecular weight is 192 g/mol. The molecule has 0 aromatic rings. The zero-order chi connectivity index (χ0) is 5.86. The Morgan fingerprint density at radius 1 is 1.50 bits per heavy atom. The predicted molar refractivity (Wildman–Crippen MR) is 22.6 cm³/mol. The summed E-state index contributed by atoms with van der Waals surface area (Å²) >= 11 is 0. The van der Waals surface area contributed by atoms with Gasteiger partial charge in [0.05, 0.1) is 0 Å². The number of aliphatic carboxylic acids is 1. The minimum Gasteiger partial charge on any atom is -0.503 e. The van der Waals surface area contributed by atoms with E-state index in [1.807, 2.05) is 0 Å². The van der Waals surface area contributed by atoms with Gasteiger partial charge in [-0.1, -0.05) is 0 Å². The molecule has 0 heterocycles. The number of carboxylic acids is 1. The molecule has 0 unspecified atom stereocenters. The fourth-order valence-electron chi connectivity index (χ4n) is 0.174. The number of ketones is 1. The Hall–Kier alpha value is -0.107. The average Bonchev–Trinajstić information content (AvgIpc) is 1.27. The van der Waals surface area contributed by atoms with Gasteiger partial charge >= 0.3 is 0 Å². The minimum atomic E-state index is -1.19. The normalized spacial score (nSPS) is 6.62. The van der Waals surface area contributed by atoms with E-state index in [9.17, 15) is 9.59 Å². The molecule has 0 saturated heterocycles. The Labute approximate surface area is 66.2 Å². The van der Waals surface area contributed by atoms with Crippen molar-refractivity contribution < 1.29 is 40.9 Å². The van der Waals surface area contributed by atoms with Gasteiger partial charge in [-0.15, -0.1) is 0 Å². The SMILES string of the molecule is CC(=O)[CH-]C(=O)O.[Zr]. The maximum absolute atomic E-state index is 9.82. The van der Waals surface area contributed by atoms with Crippen LogP contribution in [0.1, 0.15) is 6.92 Å². The standard InChI is InChI=1S/C4H5O3.Zr/c1-3(5)2-4(6)7;/h2H,1H3,(H,6,7);/q-1;. The number of hydrogen-bond donors (Lipinski definition) is 1. The number of carboxylic acid groups (broad SMARTS) is 1. The summed E-state index contributed by atoms with van der Waals surface area (Å²) < 4.78 is 0. The molecule has 0 amide bonds. The van der Waals surface area contributed by atoms with Crippen molar-refractivity contribution >= 4 is 11.8 Å². The van der Waals surface area contributed by atoms with Crippen LogP contribution in [0.3, 0.4) is 0 Å². The molecule has 0 rings (SSSR count). The van der Waals surface area contributed by atoms with Crippen molar-refractivity contribution in [3.63, 3.8) is 0 Å². The van der Waals surface area contributed by atoms with Crippen molar-refractivity contribution in [2.75, 3.05) is 0 Å². The van der Waals surface area contributed by atoms with Crippen LogP contribution in [0.15, 0.2) is 0 Å². The largest absolute Gasteiger partial charge is 0.503 e. The van der Waals surface area contributed by atoms with Crippen LogP contribution in [0.4, 0.5) is 0 Å². The van der Waals surface area contributed by atoms with Crippen LogP contribution >= 0.6 is 0 Å². The van der Waals surface area contributed by atoms with Crippen molar-refractivity contribution in [1.29, 1.82) is 0 Å². The van der Waals surface area contributed by atoms with E-state index in [0.717, 1.165) is 0 Å². The van der Waals surface area contributed by atoms with Crippen LogP contribution < -0.4 is 0 Å². The summed E-state index contributed by atoms with van der Waals surface area (Å²) in [5.41, 5.74) is 0. The molecule has 0 fully saturated rings. The van der Waals surface area contributed by atoms with E-state index in [1.54, 1.807) is 0 Å². The van der Waals surface area contributed by atoms with Crippen molar-refractivity contribution in [3.05, 3.63) is 6.42 Å². The third-order valence-corrected chi connectivity index (χ3v) is 0.327. The minimum absolute atomic E-state index is 0. The van der Waals surface area contributed by atoms with E-state index in [-0.39, 0.29) is 26.2 Å². The van der Waals surface area contributed by atoms with E-state index >= 15 is 0 Å². The van der Waals surface area contributed by atoms with Gasteiger partial charge in [-0.25, -0.2) is 6.42 Å². The van der Waals surface area contributed by atoms with Gasteiger partial charge in [0.1, 0.15) is 0 Å². The summed E-state index contributed by atoms with van der Waals surface area (Å²) in [5, 5.41) is 7.81. The monoisotopic (exact) mass is 191 g/mol. The third-order valence-electron chi connectivity index (χ3n) is 0.327. The maximum atomic E-state index is 9.82. The van der Waals surface area contributed by atoms with Crippen LogP contribution in [-0.4, -0.2) is 16.9 Å². The topological polar surface area (TPSA) is 54.4 Å². The van der Waals surface area contributed by atoms with Crippen molar-refractivity contribution in [3.8, 4) is 0 Å². The van der Waals surface area contributed by atoms with Gasteiger partial charge in [0, 0.05) is 32.0 Å². The van der Waals surface area contributed by atoms with Crippen LogP contribution in [0.5, 0.6) is 0 Å². The molecule has 0 aliphatic carbocycles. The fourth-order valence-corrected chi connectivity index (χ4v) is 0.174. The molecule has 44 valence electrons. The first-order chi connectivity index (χ1) is 3.13. The van der Waals surface area contributed by atoms with Crippen molar-refractivity contribution in [2.45, 2.75) is 6.92 Å². The first-order valence-electron chi connectivity index (χ1n) is 1.71. The molecule has 1 N–H and O–H groups in total. The zero-order valence-corrected chi connectivity index (χ0v) is 6.80. The second-order valence-electron chi connectivity index (χ2n) is 1.09. The van der Waals surface area contributed by atoms with E-state index in [1.165, 1.54) is 6.92 Å². The smallest absolute Gasteiger partial charge is 0.170 e. The molecule has 3 nitrogen and oxygen atoms in total. The second kappa shape index (κ2) is 5.04. The third kappa shape index (κ3) is 9.31. The van der Waals surface area contributed by atoms with Crippen LogP contribution in [0.2, 0.25) is 0 Å². The van der Waals surface area contributed by atoms with Crippen molar-refractivity contribution in [1.82, 2.24) is 0 Å². The van der Waals surface area contributed by atoms with Gasteiger partial charge in [-0.3, -0.25) is 4.79 Å². The Morgan fingerprint density at radius 2 is 1.88 bits per heavy atom. The quantitative estimate of drug-likeness (QED) is 0.489. The number of carbonyl (C=O) groups excluding carboxylic acids is 1. The molecule has 0 aliphatic rings. The predicted octanol–water partition coefficient (Wildman–Crippen LogP) is -0.138. The summed E-state index contributed by atoms with van der Waals surface area (Å²) in [5.74, 6) is -1.62. The Kier molecular flexibility index (Phi) is 6.80. The molecule has 0 spiro atoms. The molecule has 4 heteroatoms. The number of rotatable bonds is 2. The van der Waals surface area contributed by atoms with Crippen LogP contribution in [-0.2, 0) is 35.8 Å². The molecule has 0 aliphatic heterocycles. The Morgan fingerprint density at radius 3 is 1.88 bits per heavy atom. The summed E-state index contributed by atoms with van der Waals surface area (Å²) in [6.45, 7) is 1.19. The maximum Gasteiger partial charge on any atom is 0.170 e. The van der Waals surface area contributed by atoms with Gasteiger partial charge in [0.25, 0.3) is 0 Å². The Balaban J connectivity index is 0. The molecular formula is C4H5O3Zr-. The van der Waals surface area contributed by atoms with Gasteiger partial charge in [0.15, 0.2) is 5.97 Å². The molecule has 0 bridgehead atoms. The number of carbonyl (C=O) groups is 2. The summed E-state index contributed by atoms with van der Waals surface area (Å²) in [4.78, 5) is 19.4. The van der Waals surface area contributed by atoms with E-state index < -0.39 is 11.8 Å². The Bertz CT molecular complexity index is 87.5.